The van der Waals surface area contributed by atoms with Gasteiger partial charge in [-0.05, 0) is 44.9 Å². The van der Waals surface area contributed by atoms with E-state index in [1.807, 2.05) is 0 Å². The Balaban J connectivity index is 3.43. The van der Waals surface area contributed by atoms with E-state index < -0.39 is 0 Å². The average molecular weight is 332 g/mol. The lowest BCUT2D eigenvalue weighted by atomic mass is 10.1. The number of hydrogen-bond donors (Lipinski definition) is 0. The van der Waals surface area contributed by atoms with Gasteiger partial charge in [0.1, 0.15) is 5.78 Å². The third-order valence-electron chi connectivity index (χ3n) is 3.36. The molecular weight excluding hydrogens is 300 g/mol. The molecule has 3 nitrogen and oxygen atoms in total. The van der Waals surface area contributed by atoms with Crippen molar-refractivity contribution in [1.82, 2.24) is 0 Å². The van der Waals surface area contributed by atoms with Crippen LogP contribution in [0.25, 0.3) is 0 Å². The van der Waals surface area contributed by atoms with Gasteiger partial charge in [0.25, 0.3) is 6.47 Å². The van der Waals surface area contributed by atoms with E-state index >= 15 is 0 Å². The second kappa shape index (κ2) is 19.1. The Kier molecular flexibility index (Phi) is 17.6. The highest BCUT2D eigenvalue weighted by atomic mass is 16.5. The largest absolute Gasteiger partial charge is 0.467 e. The van der Waals surface area contributed by atoms with Gasteiger partial charge in [0.15, 0.2) is 0 Å². The molecule has 134 valence electrons. The third kappa shape index (κ3) is 18.1. The van der Waals surface area contributed by atoms with Gasteiger partial charge in [-0.15, -0.1) is 0 Å². The molecule has 0 radical (unpaired) electrons. The molecule has 0 spiro atoms. The van der Waals surface area contributed by atoms with Gasteiger partial charge in [-0.1, -0.05) is 55.5 Å². The maximum absolute atomic E-state index is 11.4. The number of rotatable bonds is 16. The predicted molar refractivity (Wildman–Crippen MR) is 101 cm³/mol. The molecule has 0 saturated heterocycles. The van der Waals surface area contributed by atoms with Crippen LogP contribution in [0.15, 0.2) is 48.6 Å². The molecule has 0 amide bonds. The topological polar surface area (TPSA) is 43.4 Å². The monoisotopic (exact) mass is 332 g/mol. The average Bonchev–Trinajstić information content (AvgIpc) is 2.58. The molecule has 0 fully saturated rings. The summed E-state index contributed by atoms with van der Waals surface area (Å²) in [6.07, 6.45) is 25.4. The molecule has 0 heterocycles. The zero-order valence-electron chi connectivity index (χ0n) is 15.0. The third-order valence-corrected chi connectivity index (χ3v) is 3.36. The SMILES string of the molecule is CC/C=C\C/C=C\C/C=C\C/C=C\CCCCC(=O)CCOC=O. The Hall–Kier alpha value is -1.90. The summed E-state index contributed by atoms with van der Waals surface area (Å²) in [5.41, 5.74) is 0. The fourth-order valence-electron chi connectivity index (χ4n) is 2.03. The standard InChI is InChI=1S/C21H32O3/c1-2-3-4-5-6-7-8-9-10-11-12-13-14-15-16-17-21(23)18-19-24-20-22/h3-4,6-7,9-10,12-13,20H,2,5,8,11,14-19H2,1H3/b4-3-,7-6-,10-9-,13-12-. The highest BCUT2D eigenvalue weighted by Gasteiger charge is 2.00. The van der Waals surface area contributed by atoms with Crippen LogP contribution in [0.3, 0.4) is 0 Å². The first kappa shape index (κ1) is 22.1. The molecule has 0 bridgehead atoms. The van der Waals surface area contributed by atoms with Gasteiger partial charge in [-0.3, -0.25) is 9.59 Å². The van der Waals surface area contributed by atoms with Crippen molar-refractivity contribution in [3.8, 4) is 0 Å². The first-order valence-corrected chi connectivity index (χ1v) is 8.98. The summed E-state index contributed by atoms with van der Waals surface area (Å²) >= 11 is 0. The van der Waals surface area contributed by atoms with Gasteiger partial charge in [0.2, 0.25) is 0 Å². The quantitative estimate of drug-likeness (QED) is 0.213. The number of hydrogen-bond acceptors (Lipinski definition) is 3. The minimum Gasteiger partial charge on any atom is -0.467 e. The molecule has 3 heteroatoms. The summed E-state index contributed by atoms with van der Waals surface area (Å²) in [7, 11) is 0. The first-order chi connectivity index (χ1) is 11.8. The molecule has 0 aromatic heterocycles. The van der Waals surface area contributed by atoms with Crippen LogP contribution in [0.5, 0.6) is 0 Å². The second-order valence-corrected chi connectivity index (χ2v) is 5.50. The van der Waals surface area contributed by atoms with Crippen LogP contribution in [0.4, 0.5) is 0 Å². The normalized spacial score (nSPS) is 12.0. The van der Waals surface area contributed by atoms with E-state index in [0.29, 0.717) is 19.3 Å². The van der Waals surface area contributed by atoms with Crippen molar-refractivity contribution in [2.75, 3.05) is 6.61 Å². The lowest BCUT2D eigenvalue weighted by Gasteiger charge is -1.99. The molecule has 0 atom stereocenters. The van der Waals surface area contributed by atoms with Crippen LogP contribution in [-0.4, -0.2) is 18.9 Å². The Morgan fingerprint density at radius 1 is 0.792 bits per heavy atom. The van der Waals surface area contributed by atoms with Gasteiger partial charge in [0.05, 0.1) is 6.61 Å². The summed E-state index contributed by atoms with van der Waals surface area (Å²) in [5.74, 6) is 0.169. The highest BCUT2D eigenvalue weighted by molar-refractivity contribution is 5.78. The van der Waals surface area contributed by atoms with Crippen molar-refractivity contribution < 1.29 is 14.3 Å². The van der Waals surface area contributed by atoms with Crippen LogP contribution in [-0.2, 0) is 14.3 Å². The van der Waals surface area contributed by atoms with Crippen molar-refractivity contribution in [3.63, 3.8) is 0 Å². The molecule has 0 rings (SSSR count). The molecule has 0 aliphatic heterocycles. The van der Waals surface area contributed by atoms with Crippen molar-refractivity contribution in [2.24, 2.45) is 0 Å². The molecule has 0 aliphatic rings. The van der Waals surface area contributed by atoms with Crippen LogP contribution in [0, 0.1) is 0 Å². The van der Waals surface area contributed by atoms with Crippen molar-refractivity contribution in [1.29, 1.82) is 0 Å². The summed E-state index contributed by atoms with van der Waals surface area (Å²) in [5, 5.41) is 0. The minimum atomic E-state index is 0.169. The maximum Gasteiger partial charge on any atom is 0.293 e. The molecule has 0 saturated carbocycles. The van der Waals surface area contributed by atoms with E-state index in [2.05, 4.69) is 60.3 Å². The lowest BCUT2D eigenvalue weighted by molar-refractivity contribution is -0.130. The van der Waals surface area contributed by atoms with Gasteiger partial charge < -0.3 is 4.74 Å². The molecule has 24 heavy (non-hydrogen) atoms. The predicted octanol–water partition coefficient (Wildman–Crippen LogP) is 5.48. The Bertz CT molecular complexity index is 417. The summed E-state index contributed by atoms with van der Waals surface area (Å²) < 4.78 is 4.51. The molecule has 0 aromatic carbocycles. The van der Waals surface area contributed by atoms with E-state index in [4.69, 9.17) is 0 Å². The van der Waals surface area contributed by atoms with Gasteiger partial charge in [-0.25, -0.2) is 0 Å². The number of carbonyl (C=O) groups excluding carboxylic acids is 2. The number of Topliss-reactive ketones (excluding diaryl/α,β-unsaturated/α-hetero) is 1. The van der Waals surface area contributed by atoms with Gasteiger partial charge >= 0.3 is 0 Å². The smallest absolute Gasteiger partial charge is 0.293 e. The molecule has 0 N–H and O–H groups in total. The van der Waals surface area contributed by atoms with Crippen LogP contribution in [0.2, 0.25) is 0 Å². The number of ether oxygens (including phenoxy) is 1. The number of carbonyl (C=O) groups is 2. The maximum atomic E-state index is 11.4. The zero-order valence-corrected chi connectivity index (χ0v) is 15.0. The fraction of sp³-hybridized carbons (Fsp3) is 0.524. The number of allylic oxidation sites excluding steroid dienone is 8. The van der Waals surface area contributed by atoms with Crippen molar-refractivity contribution >= 4 is 12.3 Å². The zero-order chi connectivity index (χ0) is 17.7. The van der Waals surface area contributed by atoms with Crippen LogP contribution < -0.4 is 0 Å². The Labute approximate surface area is 147 Å². The van der Waals surface area contributed by atoms with Gasteiger partial charge in [0, 0.05) is 12.8 Å². The van der Waals surface area contributed by atoms with E-state index in [0.717, 1.165) is 44.9 Å². The number of unbranched alkanes of at least 4 members (excludes halogenated alkanes) is 2. The lowest BCUT2D eigenvalue weighted by Crippen LogP contribution is -2.03. The first-order valence-electron chi connectivity index (χ1n) is 8.98. The van der Waals surface area contributed by atoms with E-state index in [1.165, 1.54) is 0 Å². The fourth-order valence-corrected chi connectivity index (χ4v) is 2.03. The van der Waals surface area contributed by atoms with E-state index in [-0.39, 0.29) is 12.4 Å². The summed E-state index contributed by atoms with van der Waals surface area (Å²) in [6, 6.07) is 0. The second-order valence-electron chi connectivity index (χ2n) is 5.50. The molecule has 0 unspecified atom stereocenters. The number of ketones is 1. The van der Waals surface area contributed by atoms with Crippen LogP contribution >= 0.6 is 0 Å². The summed E-state index contributed by atoms with van der Waals surface area (Å²) in [4.78, 5) is 21.4. The van der Waals surface area contributed by atoms with Crippen molar-refractivity contribution in [3.05, 3.63) is 48.6 Å². The summed E-state index contributed by atoms with van der Waals surface area (Å²) in [6.45, 7) is 2.73. The Morgan fingerprint density at radius 3 is 1.96 bits per heavy atom. The molecular formula is C21H32O3. The van der Waals surface area contributed by atoms with Gasteiger partial charge in [-0.2, -0.15) is 0 Å². The molecule has 0 aromatic rings. The van der Waals surface area contributed by atoms with E-state index in [9.17, 15) is 9.59 Å². The highest BCUT2D eigenvalue weighted by Crippen LogP contribution is 2.04. The molecule has 0 aliphatic carbocycles. The van der Waals surface area contributed by atoms with E-state index in [1.54, 1.807) is 0 Å². The Morgan fingerprint density at radius 2 is 1.38 bits per heavy atom. The minimum absolute atomic E-state index is 0.169. The van der Waals surface area contributed by atoms with Crippen LogP contribution in [0.1, 0.15) is 64.7 Å². The van der Waals surface area contributed by atoms with Crippen molar-refractivity contribution in [2.45, 2.75) is 64.7 Å².